The average molecular weight is 496 g/mol. The molecule has 0 heterocycles. The van der Waals surface area contributed by atoms with Crippen LogP contribution < -0.4 is 0 Å². The molecule has 3 heteroatoms. The zero-order valence-corrected chi connectivity index (χ0v) is 24.1. The van der Waals surface area contributed by atoms with Crippen LogP contribution in [0.1, 0.15) is 69.7 Å². The molecule has 0 aromatic heterocycles. The Labute approximate surface area is 218 Å². The molecular formula is C31H42ClNS. The number of halogens is 1. The average Bonchev–Trinajstić information content (AvgIpc) is 2.84. The number of benzene rings is 3. The number of hydrogen-bond donors (Lipinski definition) is 0. The van der Waals surface area contributed by atoms with E-state index in [4.69, 9.17) is 16.9 Å². The van der Waals surface area contributed by atoms with Crippen LogP contribution in [0.5, 0.6) is 0 Å². The normalized spacial score (nSPS) is 9.47. The maximum absolute atomic E-state index is 8.65. The van der Waals surface area contributed by atoms with Crippen LogP contribution in [-0.2, 0) is 0 Å². The fourth-order valence-electron chi connectivity index (χ4n) is 2.48. The molecule has 0 aliphatic rings. The lowest BCUT2D eigenvalue weighted by molar-refractivity contribution is 0.626. The standard InChI is InChI=1S/C14H14.C9H8ClNS.C5H12.C3H8/c1-11-8-9-14(10-12(11)2)13-6-4-3-5-7-13;1-6-8(10)3-7(5-11)4-9(6)12-2;1-4-5(2)3;1-3-2/h3-10H,1-2H3;3-4H,1-2H3;5H,4H2,1-3H3;3H2,1-2H3. The summed E-state index contributed by atoms with van der Waals surface area (Å²) in [6.07, 6.45) is 4.53. The molecule has 1 nitrogen and oxygen atoms in total. The number of aryl methyl sites for hydroxylation is 2. The quantitative estimate of drug-likeness (QED) is 0.337. The lowest BCUT2D eigenvalue weighted by Crippen LogP contribution is -1.83. The van der Waals surface area contributed by atoms with Gasteiger partial charge in [0.1, 0.15) is 0 Å². The van der Waals surface area contributed by atoms with E-state index in [0.717, 1.165) is 16.4 Å². The molecule has 0 unspecified atom stereocenters. The van der Waals surface area contributed by atoms with Gasteiger partial charge in [0, 0.05) is 9.92 Å². The van der Waals surface area contributed by atoms with E-state index in [1.165, 1.54) is 35.1 Å². The van der Waals surface area contributed by atoms with Crippen LogP contribution in [0.25, 0.3) is 11.1 Å². The molecule has 0 bridgehead atoms. The van der Waals surface area contributed by atoms with Gasteiger partial charge in [-0.15, -0.1) is 11.8 Å². The second-order valence-electron chi connectivity index (χ2n) is 8.57. The minimum Gasteiger partial charge on any atom is -0.192 e. The highest BCUT2D eigenvalue weighted by molar-refractivity contribution is 7.98. The van der Waals surface area contributed by atoms with E-state index >= 15 is 0 Å². The molecule has 34 heavy (non-hydrogen) atoms. The third-order valence-corrected chi connectivity index (χ3v) is 6.33. The first kappa shape index (κ1) is 31.8. The molecule has 0 saturated heterocycles. The van der Waals surface area contributed by atoms with Gasteiger partial charge in [0.05, 0.1) is 11.6 Å². The van der Waals surface area contributed by atoms with Crippen molar-refractivity contribution in [2.75, 3.05) is 6.26 Å². The van der Waals surface area contributed by atoms with Gasteiger partial charge in [-0.3, -0.25) is 0 Å². The molecule has 0 saturated carbocycles. The monoisotopic (exact) mass is 495 g/mol. The Morgan fingerprint density at radius 1 is 0.853 bits per heavy atom. The van der Waals surface area contributed by atoms with Gasteiger partial charge in [0.2, 0.25) is 0 Å². The molecule has 3 aromatic carbocycles. The summed E-state index contributed by atoms with van der Waals surface area (Å²) in [4.78, 5) is 1.07. The summed E-state index contributed by atoms with van der Waals surface area (Å²) in [5.74, 6) is 0.884. The third-order valence-electron chi connectivity index (χ3n) is 5.08. The summed E-state index contributed by atoms with van der Waals surface area (Å²) in [7, 11) is 0. The topological polar surface area (TPSA) is 23.8 Å². The van der Waals surface area contributed by atoms with Crippen molar-refractivity contribution in [1.29, 1.82) is 5.26 Å². The van der Waals surface area contributed by atoms with Gasteiger partial charge in [-0.1, -0.05) is 108 Å². The number of thioether (sulfide) groups is 1. The van der Waals surface area contributed by atoms with Gasteiger partial charge in [-0.25, -0.2) is 0 Å². The van der Waals surface area contributed by atoms with Gasteiger partial charge in [0.15, 0.2) is 0 Å². The van der Waals surface area contributed by atoms with Gasteiger partial charge in [-0.05, 0) is 72.9 Å². The summed E-state index contributed by atoms with van der Waals surface area (Å²) in [6.45, 7) is 17.1. The van der Waals surface area contributed by atoms with Crippen LogP contribution in [0.2, 0.25) is 5.02 Å². The highest BCUT2D eigenvalue weighted by Crippen LogP contribution is 2.27. The molecule has 0 aliphatic carbocycles. The summed E-state index contributed by atoms with van der Waals surface area (Å²) in [5.41, 5.74) is 6.96. The zero-order chi connectivity index (χ0) is 26.1. The highest BCUT2D eigenvalue weighted by atomic mass is 35.5. The minimum atomic E-state index is 0.620. The van der Waals surface area contributed by atoms with E-state index < -0.39 is 0 Å². The second kappa shape index (κ2) is 18.2. The maximum atomic E-state index is 8.65. The zero-order valence-electron chi connectivity index (χ0n) is 22.5. The first-order valence-electron chi connectivity index (χ1n) is 12.0. The number of rotatable bonds is 3. The Hall–Kier alpha value is -2.21. The van der Waals surface area contributed by atoms with Crippen molar-refractivity contribution in [2.24, 2.45) is 5.92 Å². The summed E-state index contributed by atoms with van der Waals surface area (Å²) >= 11 is 7.52. The summed E-state index contributed by atoms with van der Waals surface area (Å²) in [6, 6.07) is 22.7. The largest absolute Gasteiger partial charge is 0.192 e. The molecule has 0 atom stereocenters. The Kier molecular flexibility index (Phi) is 17.0. The molecule has 3 aromatic rings. The highest BCUT2D eigenvalue weighted by Gasteiger charge is 2.03. The Balaban J connectivity index is 0.000000494. The fraction of sp³-hybridized carbons (Fsp3) is 0.387. The molecule has 0 spiro atoms. The second-order valence-corrected chi connectivity index (χ2v) is 9.83. The number of nitrogens with zero attached hydrogens (tertiary/aromatic N) is 1. The van der Waals surface area contributed by atoms with E-state index in [1.54, 1.807) is 17.8 Å². The van der Waals surface area contributed by atoms with Crippen molar-refractivity contribution in [3.63, 3.8) is 0 Å². The van der Waals surface area contributed by atoms with Crippen molar-refractivity contribution >= 4 is 23.4 Å². The van der Waals surface area contributed by atoms with Gasteiger partial charge in [-0.2, -0.15) is 5.26 Å². The first-order valence-corrected chi connectivity index (χ1v) is 13.6. The first-order chi connectivity index (χ1) is 16.1. The number of hydrogen-bond acceptors (Lipinski definition) is 2. The fourth-order valence-corrected chi connectivity index (χ4v) is 3.42. The third kappa shape index (κ3) is 12.3. The molecule has 0 amide bonds. The maximum Gasteiger partial charge on any atom is 0.0992 e. The predicted molar refractivity (Wildman–Crippen MR) is 155 cm³/mol. The van der Waals surface area contributed by atoms with Gasteiger partial charge >= 0.3 is 0 Å². The van der Waals surface area contributed by atoms with Crippen LogP contribution in [0.3, 0.4) is 0 Å². The molecule has 184 valence electrons. The van der Waals surface area contributed by atoms with Crippen molar-refractivity contribution in [1.82, 2.24) is 0 Å². The SMILES string of the molecule is CCC.CCC(C)C.CSc1cc(C#N)cc(Cl)c1C.Cc1ccc(-c2ccccc2)cc1C. The van der Waals surface area contributed by atoms with Crippen LogP contribution in [0.4, 0.5) is 0 Å². The van der Waals surface area contributed by atoms with E-state index in [2.05, 4.69) is 97.0 Å². The number of nitriles is 1. The summed E-state index contributed by atoms with van der Waals surface area (Å²) < 4.78 is 0. The van der Waals surface area contributed by atoms with Crippen molar-refractivity contribution in [2.45, 2.75) is 73.1 Å². The van der Waals surface area contributed by atoms with Crippen molar-refractivity contribution in [3.05, 3.63) is 87.9 Å². The van der Waals surface area contributed by atoms with Crippen LogP contribution >= 0.6 is 23.4 Å². The Morgan fingerprint density at radius 3 is 1.85 bits per heavy atom. The molecule has 0 N–H and O–H groups in total. The lowest BCUT2D eigenvalue weighted by atomic mass is 10.0. The van der Waals surface area contributed by atoms with E-state index in [9.17, 15) is 0 Å². The molecule has 0 aliphatic heterocycles. The van der Waals surface area contributed by atoms with E-state index in [0.29, 0.717) is 10.6 Å². The molecule has 0 fully saturated rings. The Morgan fingerprint density at radius 2 is 1.41 bits per heavy atom. The van der Waals surface area contributed by atoms with Crippen LogP contribution in [0, 0.1) is 38.0 Å². The lowest BCUT2D eigenvalue weighted by Gasteiger charge is -2.04. The molecular weight excluding hydrogens is 454 g/mol. The van der Waals surface area contributed by atoms with Crippen molar-refractivity contribution in [3.8, 4) is 17.2 Å². The molecule has 3 rings (SSSR count). The van der Waals surface area contributed by atoms with Crippen LogP contribution in [-0.4, -0.2) is 6.26 Å². The minimum absolute atomic E-state index is 0.620. The smallest absolute Gasteiger partial charge is 0.0992 e. The summed E-state index contributed by atoms with van der Waals surface area (Å²) in [5, 5.41) is 9.32. The van der Waals surface area contributed by atoms with E-state index in [-0.39, 0.29) is 0 Å². The predicted octanol–water partition coefficient (Wildman–Crippen LogP) is 10.7. The van der Waals surface area contributed by atoms with Crippen molar-refractivity contribution < 1.29 is 0 Å². The van der Waals surface area contributed by atoms with Crippen LogP contribution in [0.15, 0.2) is 65.6 Å². The Bertz CT molecular complexity index is 1000. The van der Waals surface area contributed by atoms with Gasteiger partial charge in [0.25, 0.3) is 0 Å². The van der Waals surface area contributed by atoms with Gasteiger partial charge < -0.3 is 0 Å². The molecule has 0 radical (unpaired) electrons. The van der Waals surface area contributed by atoms with E-state index in [1.807, 2.05) is 25.3 Å².